The quantitative estimate of drug-likeness (QED) is 0.760. The molecule has 2 aromatic rings. The minimum Gasteiger partial charge on any atom is -0.352 e. The van der Waals surface area contributed by atoms with Crippen molar-refractivity contribution in [2.45, 2.75) is 25.8 Å². The van der Waals surface area contributed by atoms with Gasteiger partial charge in [0.25, 0.3) is 5.91 Å². The van der Waals surface area contributed by atoms with Crippen LogP contribution in [0.4, 0.5) is 5.69 Å². The Labute approximate surface area is 158 Å². The second kappa shape index (κ2) is 7.48. The van der Waals surface area contributed by atoms with E-state index in [1.165, 1.54) is 0 Å². The van der Waals surface area contributed by atoms with Crippen molar-refractivity contribution in [3.8, 4) is 0 Å². The molecule has 1 saturated carbocycles. The molecule has 2 heterocycles. The zero-order chi connectivity index (χ0) is 18.7. The normalized spacial score (nSPS) is 20.1. The average Bonchev–Trinajstić information content (AvgIpc) is 3.40. The maximum absolute atomic E-state index is 12.5. The van der Waals surface area contributed by atoms with Crippen molar-refractivity contribution >= 4 is 17.5 Å². The van der Waals surface area contributed by atoms with E-state index in [0.29, 0.717) is 17.8 Å². The molecule has 2 fully saturated rings. The Morgan fingerprint density at radius 2 is 1.93 bits per heavy atom. The van der Waals surface area contributed by atoms with Gasteiger partial charge in [-0.3, -0.25) is 14.6 Å². The molecule has 1 spiro atoms. The summed E-state index contributed by atoms with van der Waals surface area (Å²) in [6, 6.07) is 10.9. The van der Waals surface area contributed by atoms with Crippen molar-refractivity contribution in [2.75, 3.05) is 18.4 Å². The van der Waals surface area contributed by atoms with Crippen LogP contribution in [0, 0.1) is 11.3 Å². The summed E-state index contributed by atoms with van der Waals surface area (Å²) in [4.78, 5) is 28.7. The zero-order valence-corrected chi connectivity index (χ0v) is 15.2. The van der Waals surface area contributed by atoms with Crippen LogP contribution < -0.4 is 16.0 Å². The van der Waals surface area contributed by atoms with Crippen LogP contribution >= 0.6 is 0 Å². The molecule has 4 rings (SSSR count). The lowest BCUT2D eigenvalue weighted by Gasteiger charge is -2.23. The van der Waals surface area contributed by atoms with Gasteiger partial charge in [0.2, 0.25) is 5.91 Å². The molecule has 1 aromatic carbocycles. The van der Waals surface area contributed by atoms with Crippen molar-refractivity contribution in [1.29, 1.82) is 0 Å². The number of amides is 2. The third-order valence-electron chi connectivity index (χ3n) is 5.70. The number of hydrogen-bond acceptors (Lipinski definition) is 4. The van der Waals surface area contributed by atoms with Crippen LogP contribution in [0.15, 0.2) is 48.8 Å². The number of benzene rings is 1. The van der Waals surface area contributed by atoms with Crippen LogP contribution in [0.3, 0.4) is 0 Å². The molecule has 6 nitrogen and oxygen atoms in total. The van der Waals surface area contributed by atoms with Crippen LogP contribution in [-0.2, 0) is 11.3 Å². The summed E-state index contributed by atoms with van der Waals surface area (Å²) in [7, 11) is 0. The molecule has 2 aliphatic rings. The van der Waals surface area contributed by atoms with Crippen LogP contribution in [-0.4, -0.2) is 29.9 Å². The van der Waals surface area contributed by atoms with E-state index in [4.69, 9.17) is 0 Å². The maximum atomic E-state index is 12.5. The maximum Gasteiger partial charge on any atom is 0.255 e. The molecule has 1 aromatic heterocycles. The summed E-state index contributed by atoms with van der Waals surface area (Å²) in [5.41, 5.74) is 2.49. The van der Waals surface area contributed by atoms with E-state index in [1.807, 2.05) is 24.3 Å². The molecule has 0 radical (unpaired) electrons. The van der Waals surface area contributed by atoms with Crippen LogP contribution in [0.25, 0.3) is 0 Å². The van der Waals surface area contributed by atoms with Crippen LogP contribution in [0.1, 0.15) is 35.2 Å². The second-order valence-corrected chi connectivity index (χ2v) is 7.48. The molecule has 1 aliphatic heterocycles. The van der Waals surface area contributed by atoms with Gasteiger partial charge in [-0.25, -0.2) is 0 Å². The first-order valence-corrected chi connectivity index (χ1v) is 9.45. The molecule has 1 saturated heterocycles. The summed E-state index contributed by atoms with van der Waals surface area (Å²) in [5.74, 6) is 0.140. The second-order valence-electron chi connectivity index (χ2n) is 7.48. The number of pyridine rings is 1. The molecule has 6 heteroatoms. The van der Waals surface area contributed by atoms with Crippen molar-refractivity contribution in [1.82, 2.24) is 15.6 Å². The smallest absolute Gasteiger partial charge is 0.255 e. The lowest BCUT2D eigenvalue weighted by molar-refractivity contribution is -0.123. The first-order chi connectivity index (χ1) is 13.2. The van der Waals surface area contributed by atoms with Gasteiger partial charge in [-0.1, -0.05) is 12.1 Å². The Balaban J connectivity index is 1.32. The summed E-state index contributed by atoms with van der Waals surface area (Å²) in [5, 5.41) is 9.31. The average molecular weight is 364 g/mol. The zero-order valence-electron chi connectivity index (χ0n) is 15.2. The monoisotopic (exact) mass is 364 g/mol. The first-order valence-electron chi connectivity index (χ1n) is 9.45. The molecule has 0 bridgehead atoms. The van der Waals surface area contributed by atoms with Gasteiger partial charge in [-0.05, 0) is 67.6 Å². The Morgan fingerprint density at radius 3 is 2.70 bits per heavy atom. The molecule has 2 amide bonds. The molecular formula is C21H24N4O2. The lowest BCUT2D eigenvalue weighted by Crippen LogP contribution is -2.33. The Kier molecular flexibility index (Phi) is 4.90. The minimum atomic E-state index is -0.176. The van der Waals surface area contributed by atoms with Crippen LogP contribution in [0.2, 0.25) is 0 Å². The Morgan fingerprint density at radius 1 is 1.15 bits per heavy atom. The predicted octanol–water partition coefficient (Wildman–Crippen LogP) is 2.34. The third kappa shape index (κ3) is 4.01. The van der Waals surface area contributed by atoms with Gasteiger partial charge >= 0.3 is 0 Å². The number of carbonyl (C=O) groups is 2. The van der Waals surface area contributed by atoms with E-state index in [1.54, 1.807) is 24.5 Å². The van der Waals surface area contributed by atoms with Gasteiger partial charge < -0.3 is 16.0 Å². The fraction of sp³-hybridized carbons (Fsp3) is 0.381. The van der Waals surface area contributed by atoms with Crippen molar-refractivity contribution in [3.63, 3.8) is 0 Å². The summed E-state index contributed by atoms with van der Waals surface area (Å²) in [6.45, 7) is 2.51. The van der Waals surface area contributed by atoms with E-state index in [0.717, 1.165) is 37.9 Å². The number of nitrogens with one attached hydrogen (secondary N) is 3. The number of rotatable bonds is 5. The van der Waals surface area contributed by atoms with E-state index in [-0.39, 0.29) is 23.1 Å². The molecule has 3 N–H and O–H groups in total. The van der Waals surface area contributed by atoms with Gasteiger partial charge in [-0.15, -0.1) is 0 Å². The Hall–Kier alpha value is -2.73. The van der Waals surface area contributed by atoms with Crippen molar-refractivity contribution in [2.24, 2.45) is 11.3 Å². The third-order valence-corrected chi connectivity index (χ3v) is 5.70. The number of anilines is 1. The lowest BCUT2D eigenvalue weighted by atomic mass is 9.92. The summed E-state index contributed by atoms with van der Waals surface area (Å²) in [6.07, 6.45) is 6.40. The molecule has 1 unspecified atom stereocenters. The molecule has 1 aliphatic carbocycles. The van der Waals surface area contributed by atoms with Gasteiger partial charge in [0, 0.05) is 36.1 Å². The fourth-order valence-electron chi connectivity index (χ4n) is 3.97. The van der Waals surface area contributed by atoms with Gasteiger partial charge in [0.05, 0.1) is 0 Å². The first kappa shape index (κ1) is 17.7. The van der Waals surface area contributed by atoms with Gasteiger partial charge in [0.15, 0.2) is 0 Å². The molecular weight excluding hydrogens is 340 g/mol. The largest absolute Gasteiger partial charge is 0.352 e. The van der Waals surface area contributed by atoms with E-state index >= 15 is 0 Å². The van der Waals surface area contributed by atoms with Gasteiger partial charge in [0.1, 0.15) is 0 Å². The molecule has 27 heavy (non-hydrogen) atoms. The highest BCUT2D eigenvalue weighted by atomic mass is 16.2. The fourth-order valence-corrected chi connectivity index (χ4v) is 3.97. The highest BCUT2D eigenvalue weighted by Crippen LogP contribution is 2.58. The Bertz CT molecular complexity index is 831. The number of piperidine rings is 1. The van der Waals surface area contributed by atoms with Crippen LogP contribution in [0.5, 0.6) is 0 Å². The number of carbonyl (C=O) groups excluding carboxylic acids is 2. The van der Waals surface area contributed by atoms with E-state index in [9.17, 15) is 9.59 Å². The molecule has 140 valence electrons. The summed E-state index contributed by atoms with van der Waals surface area (Å²) < 4.78 is 0. The van der Waals surface area contributed by atoms with Gasteiger partial charge in [-0.2, -0.15) is 0 Å². The number of hydrogen-bond donors (Lipinski definition) is 3. The highest BCUT2D eigenvalue weighted by Gasteiger charge is 2.57. The van der Waals surface area contributed by atoms with Crippen molar-refractivity contribution < 1.29 is 9.59 Å². The minimum absolute atomic E-state index is 0.156. The highest BCUT2D eigenvalue weighted by molar-refractivity contribution is 6.04. The number of nitrogens with zero attached hydrogens (tertiary/aromatic N) is 1. The number of aromatic nitrogens is 1. The van der Waals surface area contributed by atoms with E-state index < -0.39 is 0 Å². The SMILES string of the molecule is O=C(Nc1cccc(CNC(=O)C2CC23CCNCC3)c1)c1ccncc1. The van der Waals surface area contributed by atoms with Crippen molar-refractivity contribution in [3.05, 3.63) is 59.9 Å². The summed E-state index contributed by atoms with van der Waals surface area (Å²) >= 11 is 0. The topological polar surface area (TPSA) is 83.1 Å². The predicted molar refractivity (Wildman–Crippen MR) is 103 cm³/mol. The van der Waals surface area contributed by atoms with E-state index in [2.05, 4.69) is 20.9 Å². The standard InChI is InChI=1S/C21H24N4O2/c26-19(16-4-8-22-9-5-16)25-17-3-1-2-15(12-17)14-24-20(27)18-13-21(18)6-10-23-11-7-21/h1-5,8-9,12,18,23H,6-7,10-11,13-14H2,(H,24,27)(H,25,26). The molecule has 1 atom stereocenters.